The Bertz CT molecular complexity index is 201. The number of carbonyl (C=O) groups is 1. The summed E-state index contributed by atoms with van der Waals surface area (Å²) in [6, 6.07) is 0. The summed E-state index contributed by atoms with van der Waals surface area (Å²) in [4.78, 5) is 10.4. The highest BCUT2D eigenvalue weighted by Gasteiger charge is 2.16. The van der Waals surface area contributed by atoms with Crippen LogP contribution in [0.15, 0.2) is 12.3 Å². The molecule has 14 heavy (non-hydrogen) atoms. The highest BCUT2D eigenvalue weighted by molar-refractivity contribution is 5.83. The van der Waals surface area contributed by atoms with Crippen molar-refractivity contribution in [3.8, 4) is 0 Å². The van der Waals surface area contributed by atoms with E-state index in [4.69, 9.17) is 20.1 Å². The Kier molecular flexibility index (Phi) is 5.91. The smallest absolute Gasteiger partial charge is 0.370 e. The fourth-order valence-electron chi connectivity index (χ4n) is 0.928. The van der Waals surface area contributed by atoms with Crippen molar-refractivity contribution in [2.75, 3.05) is 6.61 Å². The van der Waals surface area contributed by atoms with Crippen molar-refractivity contribution >= 4 is 5.97 Å². The summed E-state index contributed by atoms with van der Waals surface area (Å²) in [5.41, 5.74) is 0. The van der Waals surface area contributed by atoms with E-state index >= 15 is 0 Å². The van der Waals surface area contributed by atoms with Gasteiger partial charge in [0.05, 0.1) is 12.7 Å². The van der Waals surface area contributed by atoms with Crippen LogP contribution < -0.4 is 0 Å². The van der Waals surface area contributed by atoms with E-state index in [0.29, 0.717) is 6.42 Å². The second-order valence-corrected chi connectivity index (χ2v) is 2.95. The van der Waals surface area contributed by atoms with Gasteiger partial charge in [0.25, 0.3) is 0 Å². The summed E-state index contributed by atoms with van der Waals surface area (Å²) in [5, 5.41) is 26.2. The zero-order valence-electron chi connectivity index (χ0n) is 8.14. The molecule has 0 aliphatic heterocycles. The van der Waals surface area contributed by atoms with Gasteiger partial charge < -0.3 is 20.1 Å². The second-order valence-electron chi connectivity index (χ2n) is 2.95. The third kappa shape index (κ3) is 4.84. The molecule has 0 spiro atoms. The summed E-state index contributed by atoms with van der Waals surface area (Å²) in [5.74, 6) is -1.57. The number of ether oxygens (including phenoxy) is 1. The number of hydrogen-bond acceptors (Lipinski definition) is 4. The topological polar surface area (TPSA) is 87.0 Å². The number of aliphatic carboxylic acids is 1. The lowest BCUT2D eigenvalue weighted by Crippen LogP contribution is -2.24. The number of aliphatic hydroxyl groups excluding tert-OH is 2. The molecule has 0 heterocycles. The lowest BCUT2D eigenvalue weighted by Gasteiger charge is -2.19. The van der Waals surface area contributed by atoms with Crippen molar-refractivity contribution in [3.63, 3.8) is 0 Å². The maximum atomic E-state index is 10.4. The average Bonchev–Trinajstić information content (AvgIpc) is 2.16. The maximum Gasteiger partial charge on any atom is 0.370 e. The van der Waals surface area contributed by atoms with E-state index in [1.54, 1.807) is 6.92 Å². The molecule has 3 N–H and O–H groups in total. The first-order valence-electron chi connectivity index (χ1n) is 4.39. The van der Waals surface area contributed by atoms with Crippen LogP contribution >= 0.6 is 0 Å². The summed E-state index contributed by atoms with van der Waals surface area (Å²) in [6.45, 7) is 4.64. The molecular weight excluding hydrogens is 188 g/mol. The van der Waals surface area contributed by atoms with Crippen molar-refractivity contribution in [3.05, 3.63) is 12.3 Å². The molecule has 0 rings (SSSR count). The molecule has 5 heteroatoms. The predicted molar refractivity (Wildman–Crippen MR) is 49.6 cm³/mol. The largest absolute Gasteiger partial charge is 0.484 e. The molecule has 82 valence electrons. The Hall–Kier alpha value is -1.07. The van der Waals surface area contributed by atoms with Crippen molar-refractivity contribution in [1.29, 1.82) is 0 Å². The molecule has 2 atom stereocenters. The molecule has 2 unspecified atom stereocenters. The van der Waals surface area contributed by atoms with Crippen LogP contribution in [-0.2, 0) is 9.53 Å². The summed E-state index contributed by atoms with van der Waals surface area (Å²) >= 11 is 0. The monoisotopic (exact) mass is 204 g/mol. The zero-order valence-corrected chi connectivity index (χ0v) is 8.14. The molecule has 0 radical (unpaired) electrons. The standard InChI is InChI=1S/C9H16O5/c1-3-8(4-7(11)5-10)14-6(2)9(12)13/h7-8,10-11H,2-5H2,1H3,(H,12,13). The van der Waals surface area contributed by atoms with Crippen LogP contribution in [0.3, 0.4) is 0 Å². The van der Waals surface area contributed by atoms with Crippen LogP contribution in [-0.4, -0.2) is 40.1 Å². The van der Waals surface area contributed by atoms with Gasteiger partial charge >= 0.3 is 5.97 Å². The minimum Gasteiger partial charge on any atom is -0.484 e. The van der Waals surface area contributed by atoms with Gasteiger partial charge in [-0.05, 0) is 13.0 Å². The third-order valence-corrected chi connectivity index (χ3v) is 1.75. The number of rotatable bonds is 7. The lowest BCUT2D eigenvalue weighted by molar-refractivity contribution is -0.138. The van der Waals surface area contributed by atoms with E-state index in [-0.39, 0.29) is 18.8 Å². The Morgan fingerprint density at radius 1 is 1.57 bits per heavy atom. The lowest BCUT2D eigenvalue weighted by atomic mass is 10.1. The van der Waals surface area contributed by atoms with Gasteiger partial charge in [-0.3, -0.25) is 0 Å². The summed E-state index contributed by atoms with van der Waals surface area (Å²) in [6.07, 6.45) is -0.579. The number of carboxylic acid groups (broad SMARTS) is 1. The van der Waals surface area contributed by atoms with E-state index in [2.05, 4.69) is 6.58 Å². The van der Waals surface area contributed by atoms with Gasteiger partial charge in [0.15, 0.2) is 5.76 Å². The van der Waals surface area contributed by atoms with Crippen molar-refractivity contribution in [1.82, 2.24) is 0 Å². The van der Waals surface area contributed by atoms with Crippen molar-refractivity contribution in [2.24, 2.45) is 0 Å². The van der Waals surface area contributed by atoms with Gasteiger partial charge in [-0.15, -0.1) is 0 Å². The SMILES string of the molecule is C=C(OC(CC)CC(O)CO)C(=O)O. The quantitative estimate of drug-likeness (QED) is 0.405. The molecular formula is C9H16O5. The zero-order chi connectivity index (χ0) is 11.1. The Morgan fingerprint density at radius 3 is 2.50 bits per heavy atom. The second kappa shape index (κ2) is 6.39. The predicted octanol–water partition coefficient (Wildman–Crippen LogP) is 0.123. The molecule has 0 aromatic heterocycles. The maximum absolute atomic E-state index is 10.4. The minimum absolute atomic E-state index is 0.194. The van der Waals surface area contributed by atoms with Gasteiger partial charge in [-0.1, -0.05) is 6.92 Å². The first kappa shape index (κ1) is 12.9. The van der Waals surface area contributed by atoms with Crippen LogP contribution in [0.5, 0.6) is 0 Å². The highest BCUT2D eigenvalue weighted by atomic mass is 16.5. The van der Waals surface area contributed by atoms with E-state index in [1.807, 2.05) is 0 Å². The Morgan fingerprint density at radius 2 is 2.14 bits per heavy atom. The molecule has 0 aromatic rings. The number of carboxylic acids is 1. The molecule has 0 saturated carbocycles. The van der Waals surface area contributed by atoms with E-state index in [1.165, 1.54) is 0 Å². The van der Waals surface area contributed by atoms with Crippen LogP contribution in [0, 0.1) is 0 Å². The molecule has 0 aliphatic rings. The minimum atomic E-state index is -1.22. The number of hydrogen-bond donors (Lipinski definition) is 3. The molecule has 0 aliphatic carbocycles. The van der Waals surface area contributed by atoms with E-state index in [9.17, 15) is 4.79 Å². The molecule has 0 fully saturated rings. The Balaban J connectivity index is 4.02. The molecule has 0 amide bonds. The Labute approximate surface area is 82.6 Å². The van der Waals surface area contributed by atoms with Crippen molar-refractivity contribution < 1.29 is 24.9 Å². The van der Waals surface area contributed by atoms with Gasteiger partial charge in [0, 0.05) is 6.42 Å². The van der Waals surface area contributed by atoms with Crippen LogP contribution in [0.1, 0.15) is 19.8 Å². The molecule has 0 saturated heterocycles. The van der Waals surface area contributed by atoms with E-state index in [0.717, 1.165) is 0 Å². The normalized spacial score (nSPS) is 14.5. The van der Waals surface area contributed by atoms with Gasteiger partial charge in [-0.2, -0.15) is 0 Å². The molecule has 0 aromatic carbocycles. The molecule has 5 nitrogen and oxygen atoms in total. The highest BCUT2D eigenvalue weighted by Crippen LogP contribution is 2.11. The average molecular weight is 204 g/mol. The van der Waals surface area contributed by atoms with Crippen LogP contribution in [0.2, 0.25) is 0 Å². The fourth-order valence-corrected chi connectivity index (χ4v) is 0.928. The molecule has 0 bridgehead atoms. The first-order chi connectivity index (χ1) is 6.51. The van der Waals surface area contributed by atoms with Gasteiger partial charge in [0.2, 0.25) is 0 Å². The summed E-state index contributed by atoms with van der Waals surface area (Å²) in [7, 11) is 0. The first-order valence-corrected chi connectivity index (χ1v) is 4.39. The van der Waals surface area contributed by atoms with Gasteiger partial charge in [-0.25, -0.2) is 4.79 Å². The van der Waals surface area contributed by atoms with E-state index < -0.39 is 18.2 Å². The number of aliphatic hydroxyl groups is 2. The summed E-state index contributed by atoms with van der Waals surface area (Å²) < 4.78 is 4.97. The van der Waals surface area contributed by atoms with Crippen molar-refractivity contribution in [2.45, 2.75) is 32.0 Å². The van der Waals surface area contributed by atoms with Crippen LogP contribution in [0.4, 0.5) is 0 Å². The fraction of sp³-hybridized carbons (Fsp3) is 0.667. The third-order valence-electron chi connectivity index (χ3n) is 1.75. The van der Waals surface area contributed by atoms with Gasteiger partial charge in [0.1, 0.15) is 6.10 Å². The van der Waals surface area contributed by atoms with Crippen LogP contribution in [0.25, 0.3) is 0 Å².